The predicted molar refractivity (Wildman–Crippen MR) is 67.1 cm³/mol. The largest absolute Gasteiger partial charge is 0.381 e. The number of hydrogen-bond acceptors (Lipinski definition) is 3. The molecule has 1 saturated carbocycles. The molecule has 1 heterocycles. The van der Waals surface area contributed by atoms with Gasteiger partial charge < -0.3 is 20.5 Å². The molecular weight excluding hydrogens is 218 g/mol. The number of ether oxygens (including phenoxy) is 2. The van der Waals surface area contributed by atoms with Gasteiger partial charge in [0.25, 0.3) is 0 Å². The van der Waals surface area contributed by atoms with Crippen LogP contribution in [0, 0.1) is 0 Å². The smallest absolute Gasteiger partial charge is 0.188 e. The standard InChI is InChI=1S/C12H23N3O2/c13-12(15-10-2-3-10)14-6-1-7-17-11-4-8-16-9-5-11/h10-11H,1-9H2,(H3,13,14,15). The highest BCUT2D eigenvalue weighted by atomic mass is 16.5. The highest BCUT2D eigenvalue weighted by Crippen LogP contribution is 2.17. The van der Waals surface area contributed by atoms with Gasteiger partial charge in [0.05, 0.1) is 6.10 Å². The summed E-state index contributed by atoms with van der Waals surface area (Å²) in [6.45, 7) is 3.18. The molecule has 17 heavy (non-hydrogen) atoms. The van der Waals surface area contributed by atoms with Crippen molar-refractivity contribution >= 4 is 5.96 Å². The lowest BCUT2D eigenvalue weighted by Crippen LogP contribution is -2.33. The zero-order valence-corrected chi connectivity index (χ0v) is 10.4. The fourth-order valence-corrected chi connectivity index (χ4v) is 1.84. The van der Waals surface area contributed by atoms with Crippen LogP contribution in [0.4, 0.5) is 0 Å². The van der Waals surface area contributed by atoms with Gasteiger partial charge in [-0.15, -0.1) is 0 Å². The molecule has 0 atom stereocenters. The van der Waals surface area contributed by atoms with Crippen LogP contribution >= 0.6 is 0 Å². The van der Waals surface area contributed by atoms with Crippen LogP contribution in [0.25, 0.3) is 0 Å². The third-order valence-corrected chi connectivity index (χ3v) is 3.04. The van der Waals surface area contributed by atoms with E-state index in [4.69, 9.17) is 15.2 Å². The summed E-state index contributed by atoms with van der Waals surface area (Å²) in [5, 5.41) is 3.16. The Bertz CT molecular complexity index is 248. The molecule has 0 aromatic carbocycles. The zero-order chi connectivity index (χ0) is 11.9. The van der Waals surface area contributed by atoms with E-state index in [1.54, 1.807) is 0 Å². The van der Waals surface area contributed by atoms with Gasteiger partial charge in [0.2, 0.25) is 0 Å². The van der Waals surface area contributed by atoms with Crippen LogP contribution in [0.3, 0.4) is 0 Å². The molecule has 0 amide bonds. The number of hydrogen-bond donors (Lipinski definition) is 2. The SMILES string of the molecule is NC(=NCCCOC1CCOCC1)NC1CC1. The van der Waals surface area contributed by atoms with Gasteiger partial charge in [-0.05, 0) is 32.1 Å². The van der Waals surface area contributed by atoms with E-state index >= 15 is 0 Å². The fraction of sp³-hybridized carbons (Fsp3) is 0.917. The zero-order valence-electron chi connectivity index (χ0n) is 10.4. The maximum absolute atomic E-state index is 5.75. The summed E-state index contributed by atoms with van der Waals surface area (Å²) in [4.78, 5) is 4.27. The summed E-state index contributed by atoms with van der Waals surface area (Å²) in [7, 11) is 0. The Labute approximate surface area is 103 Å². The van der Waals surface area contributed by atoms with Gasteiger partial charge in [0.15, 0.2) is 5.96 Å². The Hall–Kier alpha value is -0.810. The van der Waals surface area contributed by atoms with Crippen LogP contribution in [-0.4, -0.2) is 44.5 Å². The van der Waals surface area contributed by atoms with E-state index in [2.05, 4.69) is 10.3 Å². The van der Waals surface area contributed by atoms with Crippen molar-refractivity contribution in [1.29, 1.82) is 0 Å². The normalized spacial score (nSPS) is 22.7. The Morgan fingerprint density at radius 1 is 1.29 bits per heavy atom. The van der Waals surface area contributed by atoms with E-state index in [1.807, 2.05) is 0 Å². The molecule has 2 fully saturated rings. The molecule has 1 saturated heterocycles. The maximum atomic E-state index is 5.75. The van der Waals surface area contributed by atoms with E-state index in [0.717, 1.165) is 45.6 Å². The average molecular weight is 241 g/mol. The first-order chi connectivity index (χ1) is 8.34. The molecule has 2 aliphatic rings. The van der Waals surface area contributed by atoms with Crippen molar-refractivity contribution in [2.75, 3.05) is 26.4 Å². The molecule has 5 nitrogen and oxygen atoms in total. The molecule has 0 aromatic rings. The number of guanidine groups is 1. The average Bonchev–Trinajstić information content (AvgIpc) is 3.14. The summed E-state index contributed by atoms with van der Waals surface area (Å²) in [6.07, 6.45) is 5.81. The van der Waals surface area contributed by atoms with Gasteiger partial charge in [-0.3, -0.25) is 4.99 Å². The third-order valence-electron chi connectivity index (χ3n) is 3.04. The summed E-state index contributed by atoms with van der Waals surface area (Å²) < 4.78 is 11.0. The molecule has 1 aliphatic carbocycles. The molecule has 0 spiro atoms. The highest BCUT2D eigenvalue weighted by molar-refractivity contribution is 5.78. The Kier molecular flexibility index (Phi) is 5.07. The second kappa shape index (κ2) is 6.81. The van der Waals surface area contributed by atoms with Gasteiger partial charge in [0.1, 0.15) is 0 Å². The van der Waals surface area contributed by atoms with E-state index in [1.165, 1.54) is 12.8 Å². The number of aliphatic imine (C=N–C) groups is 1. The van der Waals surface area contributed by atoms with E-state index in [9.17, 15) is 0 Å². The number of nitrogens with two attached hydrogens (primary N) is 1. The minimum absolute atomic E-state index is 0.384. The first kappa shape index (κ1) is 12.6. The van der Waals surface area contributed by atoms with Crippen LogP contribution in [0.15, 0.2) is 4.99 Å². The quantitative estimate of drug-likeness (QED) is 0.407. The monoisotopic (exact) mass is 241 g/mol. The first-order valence-electron chi connectivity index (χ1n) is 6.60. The van der Waals surface area contributed by atoms with Crippen LogP contribution in [-0.2, 0) is 9.47 Å². The van der Waals surface area contributed by atoms with Crippen molar-refractivity contribution in [3.05, 3.63) is 0 Å². The number of nitrogens with zero attached hydrogens (tertiary/aromatic N) is 1. The Morgan fingerprint density at radius 3 is 2.76 bits per heavy atom. The Balaban J connectivity index is 1.47. The van der Waals surface area contributed by atoms with Crippen LogP contribution < -0.4 is 11.1 Å². The highest BCUT2D eigenvalue weighted by Gasteiger charge is 2.21. The second-order valence-corrected chi connectivity index (χ2v) is 4.72. The molecule has 2 rings (SSSR count). The van der Waals surface area contributed by atoms with Crippen molar-refractivity contribution in [2.24, 2.45) is 10.7 Å². The summed E-state index contributed by atoms with van der Waals surface area (Å²) in [5.74, 6) is 0.582. The van der Waals surface area contributed by atoms with Gasteiger partial charge >= 0.3 is 0 Å². The van der Waals surface area contributed by atoms with Crippen LogP contribution in [0.1, 0.15) is 32.1 Å². The van der Waals surface area contributed by atoms with Crippen molar-refractivity contribution < 1.29 is 9.47 Å². The molecule has 0 aromatic heterocycles. The summed E-state index contributed by atoms with van der Waals surface area (Å²) in [5.41, 5.74) is 5.72. The third kappa shape index (κ3) is 5.37. The molecule has 0 radical (unpaired) electrons. The molecular formula is C12H23N3O2. The first-order valence-corrected chi connectivity index (χ1v) is 6.60. The fourth-order valence-electron chi connectivity index (χ4n) is 1.84. The van der Waals surface area contributed by atoms with Crippen molar-refractivity contribution in [1.82, 2.24) is 5.32 Å². The van der Waals surface area contributed by atoms with E-state index in [0.29, 0.717) is 18.1 Å². The lowest BCUT2D eigenvalue weighted by atomic mass is 10.1. The van der Waals surface area contributed by atoms with Crippen molar-refractivity contribution in [3.63, 3.8) is 0 Å². The lowest BCUT2D eigenvalue weighted by molar-refractivity contribution is -0.0318. The van der Waals surface area contributed by atoms with Crippen molar-refractivity contribution in [3.8, 4) is 0 Å². The summed E-state index contributed by atoms with van der Waals surface area (Å²) >= 11 is 0. The maximum Gasteiger partial charge on any atom is 0.188 e. The lowest BCUT2D eigenvalue weighted by Gasteiger charge is -2.22. The van der Waals surface area contributed by atoms with Gasteiger partial charge in [-0.25, -0.2) is 0 Å². The van der Waals surface area contributed by atoms with Crippen molar-refractivity contribution in [2.45, 2.75) is 44.2 Å². The predicted octanol–water partition coefficient (Wildman–Crippen LogP) is 0.639. The molecule has 98 valence electrons. The van der Waals surface area contributed by atoms with Crippen LogP contribution in [0.2, 0.25) is 0 Å². The molecule has 0 bridgehead atoms. The van der Waals surface area contributed by atoms with Crippen LogP contribution in [0.5, 0.6) is 0 Å². The topological polar surface area (TPSA) is 68.9 Å². The molecule has 0 unspecified atom stereocenters. The number of nitrogens with one attached hydrogen (secondary N) is 1. The molecule has 1 aliphatic heterocycles. The van der Waals surface area contributed by atoms with E-state index in [-0.39, 0.29) is 0 Å². The summed E-state index contributed by atoms with van der Waals surface area (Å²) in [6, 6.07) is 0.581. The van der Waals surface area contributed by atoms with E-state index < -0.39 is 0 Å². The minimum Gasteiger partial charge on any atom is -0.381 e. The Morgan fingerprint density at radius 2 is 2.06 bits per heavy atom. The van der Waals surface area contributed by atoms with Gasteiger partial charge in [0, 0.05) is 32.4 Å². The number of rotatable bonds is 6. The molecule has 5 heteroatoms. The minimum atomic E-state index is 0.384. The van der Waals surface area contributed by atoms with Gasteiger partial charge in [-0.2, -0.15) is 0 Å². The molecule has 3 N–H and O–H groups in total. The second-order valence-electron chi connectivity index (χ2n) is 4.72. The van der Waals surface area contributed by atoms with Gasteiger partial charge in [-0.1, -0.05) is 0 Å².